The number of para-hydroxylation sites is 2. The Hall–Kier alpha value is -3.21. The number of rotatable bonds is 6. The Morgan fingerprint density at radius 2 is 1.65 bits per heavy atom. The van der Waals surface area contributed by atoms with E-state index >= 15 is 0 Å². The number of aromatic nitrogens is 1. The van der Waals surface area contributed by atoms with E-state index in [1.54, 1.807) is 11.0 Å². The highest BCUT2D eigenvalue weighted by molar-refractivity contribution is 6.03. The van der Waals surface area contributed by atoms with Gasteiger partial charge >= 0.3 is 0 Å². The maximum atomic E-state index is 13.7. The average molecular weight is 416 g/mol. The van der Waals surface area contributed by atoms with Gasteiger partial charge in [0.15, 0.2) is 0 Å². The van der Waals surface area contributed by atoms with Crippen LogP contribution < -0.4 is 5.32 Å². The first kappa shape index (κ1) is 21.0. The number of benzene rings is 2. The largest absolute Gasteiger partial charge is 0.324 e. The Kier molecular flexibility index (Phi) is 6.31. The number of carbonyl (C=O) groups excluding carboxylic acids is 2. The molecule has 0 atom stereocenters. The molecule has 0 bridgehead atoms. The molecule has 0 unspecified atom stereocenters. The Labute approximate surface area is 183 Å². The van der Waals surface area contributed by atoms with Gasteiger partial charge in [-0.25, -0.2) is 4.98 Å². The second kappa shape index (κ2) is 9.29. The predicted molar refractivity (Wildman–Crippen MR) is 124 cm³/mol. The van der Waals surface area contributed by atoms with Crippen molar-refractivity contribution in [1.29, 1.82) is 0 Å². The van der Waals surface area contributed by atoms with Crippen molar-refractivity contribution in [3.05, 3.63) is 72.4 Å². The normalized spacial score (nSPS) is 15.4. The minimum atomic E-state index is -0.853. The fraction of sp³-hybridized carbons (Fsp3) is 0.346. The van der Waals surface area contributed by atoms with Gasteiger partial charge in [0, 0.05) is 17.6 Å². The Bertz CT molecular complexity index is 1060. The van der Waals surface area contributed by atoms with Crippen LogP contribution in [0, 0.1) is 0 Å². The van der Waals surface area contributed by atoms with E-state index in [9.17, 15) is 9.59 Å². The van der Waals surface area contributed by atoms with Gasteiger partial charge in [0.1, 0.15) is 11.2 Å². The molecule has 1 aliphatic rings. The van der Waals surface area contributed by atoms with Gasteiger partial charge in [0.2, 0.25) is 5.91 Å². The summed E-state index contributed by atoms with van der Waals surface area (Å²) in [6, 6.07) is 21.0. The summed E-state index contributed by atoms with van der Waals surface area (Å²) in [4.78, 5) is 33.8. The predicted octanol–water partition coefficient (Wildman–Crippen LogP) is 5.43. The summed E-state index contributed by atoms with van der Waals surface area (Å²) in [7, 11) is 0. The van der Waals surface area contributed by atoms with Crippen molar-refractivity contribution in [2.45, 2.75) is 51.0 Å². The summed E-state index contributed by atoms with van der Waals surface area (Å²) in [5.41, 5.74) is 1.08. The zero-order valence-corrected chi connectivity index (χ0v) is 18.0. The lowest BCUT2D eigenvalue weighted by Gasteiger charge is -2.45. The van der Waals surface area contributed by atoms with Crippen molar-refractivity contribution in [1.82, 2.24) is 9.88 Å². The third-order valence-electron chi connectivity index (χ3n) is 6.16. The van der Waals surface area contributed by atoms with E-state index in [2.05, 4.69) is 10.3 Å². The molecule has 5 heteroatoms. The molecule has 1 aliphatic carbocycles. The molecule has 1 saturated carbocycles. The molecule has 2 aromatic carbocycles. The van der Waals surface area contributed by atoms with Crippen molar-refractivity contribution in [2.24, 2.45) is 0 Å². The standard InChI is InChI=1S/C26H29N3O2/c1-2-19-29(24(30)23-16-15-20-11-7-8-14-22(20)28-23)26(17-9-4-10-18-26)25(31)27-21-12-5-3-6-13-21/h3,5-8,11-16H,2,4,9-10,17-19H2,1H3,(H,27,31). The first-order chi connectivity index (χ1) is 15.1. The minimum absolute atomic E-state index is 0.0963. The molecule has 31 heavy (non-hydrogen) atoms. The van der Waals surface area contributed by atoms with E-state index in [1.165, 1.54) is 0 Å². The first-order valence-corrected chi connectivity index (χ1v) is 11.2. The smallest absolute Gasteiger partial charge is 0.273 e. The minimum Gasteiger partial charge on any atom is -0.324 e. The number of fused-ring (bicyclic) bond motifs is 1. The van der Waals surface area contributed by atoms with Crippen molar-refractivity contribution in [2.75, 3.05) is 11.9 Å². The van der Waals surface area contributed by atoms with Gasteiger partial charge in [0.25, 0.3) is 5.91 Å². The Morgan fingerprint density at radius 3 is 2.39 bits per heavy atom. The van der Waals surface area contributed by atoms with Crippen molar-refractivity contribution < 1.29 is 9.59 Å². The van der Waals surface area contributed by atoms with Gasteiger partial charge < -0.3 is 10.2 Å². The lowest BCUT2D eigenvalue weighted by Crippen LogP contribution is -2.60. The van der Waals surface area contributed by atoms with Crippen LogP contribution in [-0.4, -0.2) is 33.8 Å². The van der Waals surface area contributed by atoms with Gasteiger partial charge in [-0.15, -0.1) is 0 Å². The van der Waals surface area contributed by atoms with E-state index in [-0.39, 0.29) is 11.8 Å². The summed E-state index contributed by atoms with van der Waals surface area (Å²) in [6.45, 7) is 2.56. The average Bonchev–Trinajstić information content (AvgIpc) is 2.83. The second-order valence-corrected chi connectivity index (χ2v) is 8.26. The van der Waals surface area contributed by atoms with Crippen LogP contribution in [0.2, 0.25) is 0 Å². The highest BCUT2D eigenvalue weighted by Gasteiger charge is 2.47. The van der Waals surface area contributed by atoms with Crippen LogP contribution in [0.15, 0.2) is 66.7 Å². The molecule has 4 rings (SSSR count). The fourth-order valence-electron chi connectivity index (χ4n) is 4.58. The summed E-state index contributed by atoms with van der Waals surface area (Å²) in [6.07, 6.45) is 5.07. The van der Waals surface area contributed by atoms with E-state index in [1.807, 2.05) is 67.6 Å². The lowest BCUT2D eigenvalue weighted by atomic mass is 9.78. The number of hydrogen-bond acceptors (Lipinski definition) is 3. The molecule has 5 nitrogen and oxygen atoms in total. The molecule has 1 fully saturated rings. The van der Waals surface area contributed by atoms with Crippen LogP contribution >= 0.6 is 0 Å². The summed E-state index contributed by atoms with van der Waals surface area (Å²) in [5.74, 6) is -0.265. The van der Waals surface area contributed by atoms with Gasteiger partial charge in [-0.2, -0.15) is 0 Å². The summed E-state index contributed by atoms with van der Waals surface area (Å²) >= 11 is 0. The van der Waals surface area contributed by atoms with Gasteiger partial charge in [-0.1, -0.05) is 68.7 Å². The van der Waals surface area contributed by atoms with Crippen LogP contribution in [0.1, 0.15) is 55.9 Å². The topological polar surface area (TPSA) is 62.3 Å². The molecular formula is C26H29N3O2. The SMILES string of the molecule is CCCN(C(=O)c1ccc2ccccc2n1)C1(C(=O)Nc2ccccc2)CCCCC1. The number of hydrogen-bond donors (Lipinski definition) is 1. The van der Waals surface area contributed by atoms with Gasteiger partial charge in [-0.05, 0) is 43.5 Å². The number of anilines is 1. The van der Waals surface area contributed by atoms with Gasteiger partial charge in [0.05, 0.1) is 5.52 Å². The maximum Gasteiger partial charge on any atom is 0.273 e. The van der Waals surface area contributed by atoms with E-state index in [0.29, 0.717) is 25.1 Å². The highest BCUT2D eigenvalue weighted by Crippen LogP contribution is 2.36. The molecule has 160 valence electrons. The molecule has 1 aromatic heterocycles. The van der Waals surface area contributed by atoms with Crippen LogP contribution in [-0.2, 0) is 4.79 Å². The van der Waals surface area contributed by atoms with E-state index in [4.69, 9.17) is 0 Å². The molecule has 0 saturated heterocycles. The van der Waals surface area contributed by atoms with Crippen LogP contribution in [0.5, 0.6) is 0 Å². The number of amides is 2. The van der Waals surface area contributed by atoms with E-state index in [0.717, 1.165) is 42.3 Å². The molecule has 0 spiro atoms. The summed E-state index contributed by atoms with van der Waals surface area (Å²) in [5, 5.41) is 4.07. The monoisotopic (exact) mass is 415 g/mol. The molecule has 2 amide bonds. The molecule has 1 heterocycles. The second-order valence-electron chi connectivity index (χ2n) is 8.26. The molecule has 0 radical (unpaired) electrons. The van der Waals surface area contributed by atoms with Gasteiger partial charge in [-0.3, -0.25) is 9.59 Å². The molecule has 3 aromatic rings. The molecular weight excluding hydrogens is 386 g/mol. The molecule has 1 N–H and O–H groups in total. The first-order valence-electron chi connectivity index (χ1n) is 11.2. The lowest BCUT2D eigenvalue weighted by molar-refractivity contribution is -0.128. The third-order valence-corrected chi connectivity index (χ3v) is 6.16. The third kappa shape index (κ3) is 4.31. The zero-order chi connectivity index (χ0) is 21.7. The Balaban J connectivity index is 1.70. The van der Waals surface area contributed by atoms with Crippen LogP contribution in [0.25, 0.3) is 10.9 Å². The van der Waals surface area contributed by atoms with Crippen molar-refractivity contribution in [3.63, 3.8) is 0 Å². The quantitative estimate of drug-likeness (QED) is 0.584. The van der Waals surface area contributed by atoms with Crippen LogP contribution in [0.3, 0.4) is 0 Å². The number of nitrogens with one attached hydrogen (secondary N) is 1. The van der Waals surface area contributed by atoms with Crippen molar-refractivity contribution >= 4 is 28.4 Å². The Morgan fingerprint density at radius 1 is 0.935 bits per heavy atom. The van der Waals surface area contributed by atoms with Crippen LogP contribution in [0.4, 0.5) is 5.69 Å². The zero-order valence-electron chi connectivity index (χ0n) is 18.0. The van der Waals surface area contributed by atoms with E-state index < -0.39 is 5.54 Å². The molecule has 0 aliphatic heterocycles. The fourth-order valence-corrected chi connectivity index (χ4v) is 4.58. The number of pyridine rings is 1. The number of carbonyl (C=O) groups is 2. The number of nitrogens with zero attached hydrogens (tertiary/aromatic N) is 2. The summed E-state index contributed by atoms with van der Waals surface area (Å²) < 4.78 is 0. The van der Waals surface area contributed by atoms with Crippen molar-refractivity contribution in [3.8, 4) is 0 Å². The maximum absolute atomic E-state index is 13.7. The highest BCUT2D eigenvalue weighted by atomic mass is 16.2.